The molecule has 0 saturated heterocycles. The molecule has 35 heavy (non-hydrogen) atoms. The van der Waals surface area contributed by atoms with Crippen LogP contribution >= 0.6 is 11.6 Å². The molecule has 0 aliphatic carbocycles. The third-order valence-electron chi connectivity index (χ3n) is 5.45. The molecule has 0 fully saturated rings. The first-order valence-corrected chi connectivity index (χ1v) is 12.2. The van der Waals surface area contributed by atoms with Crippen molar-refractivity contribution < 1.29 is 32.6 Å². The fourth-order valence-electron chi connectivity index (χ4n) is 3.74. The number of carbonyl (C=O) groups excluding carboxylic acids is 1. The normalized spacial score (nSPS) is 12.9. The number of carboxylic acids is 1. The zero-order valence-electron chi connectivity index (χ0n) is 18.7. The molecule has 3 aromatic rings. The Morgan fingerprint density at radius 2 is 1.89 bits per heavy atom. The van der Waals surface area contributed by atoms with Gasteiger partial charge in [0.05, 0.1) is 24.9 Å². The van der Waals surface area contributed by atoms with E-state index >= 15 is 0 Å². The molecule has 1 aliphatic heterocycles. The Kier molecular flexibility index (Phi) is 6.60. The maximum Gasteiger partial charge on any atom is 0.335 e. The Labute approximate surface area is 206 Å². The number of rotatable bonds is 6. The molecule has 0 saturated carbocycles. The number of carboxylic acid groups (broad SMARTS) is 1. The number of halogens is 1. The number of nitrogens with zero attached hydrogens (tertiary/aromatic N) is 1. The fourth-order valence-corrected chi connectivity index (χ4v) is 5.61. The SMILES string of the molecule is COc1ccc(Cl)cc1S(=O)(=O)N1CCOc2ccc(C(=O)Nc3ccc(C(=O)O)c(C)c3)cc21. The van der Waals surface area contributed by atoms with Gasteiger partial charge in [0.25, 0.3) is 15.9 Å². The molecule has 0 spiro atoms. The summed E-state index contributed by atoms with van der Waals surface area (Å²) in [6, 6.07) is 13.2. The minimum absolute atomic E-state index is 0.0198. The minimum Gasteiger partial charge on any atom is -0.495 e. The van der Waals surface area contributed by atoms with Crippen LogP contribution in [0.2, 0.25) is 5.02 Å². The lowest BCUT2D eigenvalue weighted by molar-refractivity contribution is 0.0696. The van der Waals surface area contributed by atoms with Crippen LogP contribution in [0.3, 0.4) is 0 Å². The number of hydrogen-bond acceptors (Lipinski definition) is 6. The minimum atomic E-state index is -4.10. The average molecular weight is 517 g/mol. The molecular formula is C24H21ClN2O7S. The van der Waals surface area contributed by atoms with Crippen molar-refractivity contribution in [1.29, 1.82) is 0 Å². The number of amides is 1. The Balaban J connectivity index is 1.68. The number of fused-ring (bicyclic) bond motifs is 1. The lowest BCUT2D eigenvalue weighted by Gasteiger charge is -2.31. The second-order valence-electron chi connectivity index (χ2n) is 7.69. The number of methoxy groups -OCH3 is 1. The number of aromatic carboxylic acids is 1. The Morgan fingerprint density at radius 1 is 1.11 bits per heavy atom. The average Bonchev–Trinajstić information content (AvgIpc) is 2.83. The first kappa shape index (κ1) is 24.4. The lowest BCUT2D eigenvalue weighted by atomic mass is 10.1. The van der Waals surface area contributed by atoms with Gasteiger partial charge in [0.2, 0.25) is 0 Å². The molecule has 2 N–H and O–H groups in total. The number of hydrogen-bond donors (Lipinski definition) is 2. The monoisotopic (exact) mass is 516 g/mol. The van der Waals surface area contributed by atoms with Gasteiger partial charge in [0.15, 0.2) is 0 Å². The largest absolute Gasteiger partial charge is 0.495 e. The van der Waals surface area contributed by atoms with Crippen molar-refractivity contribution in [3.05, 3.63) is 76.3 Å². The van der Waals surface area contributed by atoms with E-state index in [0.717, 1.165) is 4.31 Å². The van der Waals surface area contributed by atoms with Gasteiger partial charge in [-0.3, -0.25) is 9.10 Å². The number of ether oxygens (including phenoxy) is 2. The van der Waals surface area contributed by atoms with Gasteiger partial charge in [-0.15, -0.1) is 0 Å². The molecule has 1 amide bonds. The predicted molar refractivity (Wildman–Crippen MR) is 131 cm³/mol. The Hall–Kier alpha value is -3.76. The molecule has 3 aromatic carbocycles. The second-order valence-corrected chi connectivity index (χ2v) is 9.96. The van der Waals surface area contributed by atoms with Gasteiger partial charge in [-0.05, 0) is 67.1 Å². The highest BCUT2D eigenvalue weighted by atomic mass is 35.5. The van der Waals surface area contributed by atoms with Crippen molar-refractivity contribution in [3.63, 3.8) is 0 Å². The van der Waals surface area contributed by atoms with E-state index < -0.39 is 21.9 Å². The smallest absolute Gasteiger partial charge is 0.335 e. The fraction of sp³-hybridized carbons (Fsp3) is 0.167. The molecule has 1 heterocycles. The lowest BCUT2D eigenvalue weighted by Crippen LogP contribution is -2.38. The third kappa shape index (κ3) is 4.75. The molecule has 0 unspecified atom stereocenters. The van der Waals surface area contributed by atoms with Crippen molar-refractivity contribution in [1.82, 2.24) is 0 Å². The summed E-state index contributed by atoms with van der Waals surface area (Å²) in [6.07, 6.45) is 0. The molecule has 11 heteroatoms. The number of aryl methyl sites for hydroxylation is 1. The van der Waals surface area contributed by atoms with Gasteiger partial charge < -0.3 is 19.9 Å². The van der Waals surface area contributed by atoms with E-state index in [9.17, 15) is 23.1 Å². The van der Waals surface area contributed by atoms with Crippen molar-refractivity contribution in [2.24, 2.45) is 0 Å². The summed E-state index contributed by atoms with van der Waals surface area (Å²) in [5.41, 5.74) is 1.41. The van der Waals surface area contributed by atoms with Crippen LogP contribution in [0, 0.1) is 6.92 Å². The summed E-state index contributed by atoms with van der Waals surface area (Å²) in [6.45, 7) is 1.77. The van der Waals surface area contributed by atoms with Crippen LogP contribution in [-0.2, 0) is 10.0 Å². The number of benzene rings is 3. The quantitative estimate of drug-likeness (QED) is 0.503. The number of sulfonamides is 1. The third-order valence-corrected chi connectivity index (χ3v) is 7.52. The van der Waals surface area contributed by atoms with Gasteiger partial charge in [0, 0.05) is 16.3 Å². The van der Waals surface area contributed by atoms with Crippen molar-refractivity contribution >= 4 is 44.9 Å². The highest BCUT2D eigenvalue weighted by Gasteiger charge is 2.33. The highest BCUT2D eigenvalue weighted by molar-refractivity contribution is 7.93. The highest BCUT2D eigenvalue weighted by Crippen LogP contribution is 2.38. The molecule has 0 bridgehead atoms. The molecule has 1 aliphatic rings. The van der Waals surface area contributed by atoms with Crippen molar-refractivity contribution in [2.45, 2.75) is 11.8 Å². The standard InChI is InChI=1S/C24H21ClN2O7S/c1-14-11-17(5-6-18(14)24(29)30)26-23(28)15-3-7-20-19(12-15)27(9-10-34-20)35(31,32)22-13-16(25)4-8-21(22)33-2/h3-8,11-13H,9-10H2,1-2H3,(H,26,28)(H,29,30). The van der Waals surface area contributed by atoms with Crippen molar-refractivity contribution in [2.75, 3.05) is 29.9 Å². The van der Waals surface area contributed by atoms with Gasteiger partial charge in [-0.2, -0.15) is 0 Å². The van der Waals surface area contributed by atoms with Crippen LogP contribution in [-0.4, -0.2) is 45.7 Å². The number of carbonyl (C=O) groups is 2. The summed E-state index contributed by atoms with van der Waals surface area (Å²) in [7, 11) is -2.74. The number of nitrogens with one attached hydrogen (secondary N) is 1. The van der Waals surface area contributed by atoms with Crippen LogP contribution in [0.5, 0.6) is 11.5 Å². The summed E-state index contributed by atoms with van der Waals surface area (Å²) in [5.74, 6) is -1.12. The molecule has 0 aromatic heterocycles. The van der Waals surface area contributed by atoms with Gasteiger partial charge >= 0.3 is 5.97 Å². The van der Waals surface area contributed by atoms with E-state index in [0.29, 0.717) is 17.0 Å². The Morgan fingerprint density at radius 3 is 2.57 bits per heavy atom. The number of anilines is 2. The van der Waals surface area contributed by atoms with Crippen LogP contribution in [0.1, 0.15) is 26.3 Å². The van der Waals surface area contributed by atoms with E-state index in [-0.39, 0.29) is 45.6 Å². The van der Waals surface area contributed by atoms with Crippen molar-refractivity contribution in [3.8, 4) is 11.5 Å². The zero-order valence-corrected chi connectivity index (χ0v) is 20.3. The van der Waals surface area contributed by atoms with E-state index in [1.165, 1.54) is 55.6 Å². The van der Waals surface area contributed by atoms with E-state index in [2.05, 4.69) is 5.32 Å². The van der Waals surface area contributed by atoms with Gasteiger partial charge in [-0.25, -0.2) is 13.2 Å². The molecule has 182 valence electrons. The van der Waals surface area contributed by atoms with E-state index in [4.69, 9.17) is 21.1 Å². The zero-order chi connectivity index (χ0) is 25.3. The second kappa shape index (κ2) is 9.47. The summed E-state index contributed by atoms with van der Waals surface area (Å²) < 4.78 is 39.1. The molecule has 4 rings (SSSR count). The van der Waals surface area contributed by atoms with E-state index in [1.807, 2.05) is 0 Å². The van der Waals surface area contributed by atoms with E-state index in [1.54, 1.807) is 13.0 Å². The topological polar surface area (TPSA) is 122 Å². The first-order valence-electron chi connectivity index (χ1n) is 10.4. The van der Waals surface area contributed by atoms with Crippen LogP contribution in [0.25, 0.3) is 0 Å². The van der Waals surface area contributed by atoms with Gasteiger partial charge in [-0.1, -0.05) is 11.6 Å². The van der Waals surface area contributed by atoms with Crippen LogP contribution in [0.15, 0.2) is 59.5 Å². The summed E-state index contributed by atoms with van der Waals surface area (Å²) in [4.78, 5) is 24.0. The molecular weight excluding hydrogens is 496 g/mol. The van der Waals surface area contributed by atoms with Gasteiger partial charge in [0.1, 0.15) is 23.0 Å². The summed E-state index contributed by atoms with van der Waals surface area (Å²) >= 11 is 6.05. The van der Waals surface area contributed by atoms with Crippen LogP contribution in [0.4, 0.5) is 11.4 Å². The molecule has 0 radical (unpaired) electrons. The maximum absolute atomic E-state index is 13.6. The van der Waals surface area contributed by atoms with Crippen LogP contribution < -0.4 is 19.1 Å². The first-order chi connectivity index (χ1) is 16.6. The Bertz CT molecular complexity index is 1440. The molecule has 0 atom stereocenters. The molecule has 9 nitrogen and oxygen atoms in total. The summed E-state index contributed by atoms with van der Waals surface area (Å²) in [5, 5.41) is 12.1. The predicted octanol–water partition coefficient (Wildman–Crippen LogP) is 4.20. The maximum atomic E-state index is 13.6.